The summed E-state index contributed by atoms with van der Waals surface area (Å²) >= 11 is 5.69. The third-order valence-electron chi connectivity index (χ3n) is 3.40. The molecule has 0 saturated carbocycles. The van der Waals surface area contributed by atoms with Crippen LogP contribution in [0.2, 0.25) is 0 Å². The van der Waals surface area contributed by atoms with Crippen LogP contribution in [0.4, 0.5) is 4.39 Å². The van der Waals surface area contributed by atoms with Crippen molar-refractivity contribution in [3.05, 3.63) is 29.1 Å². The number of rotatable bonds is 3. The van der Waals surface area contributed by atoms with E-state index in [0.29, 0.717) is 18.8 Å². The molecule has 1 atom stereocenters. The molecule has 112 valence electrons. The standard InChI is InChI=1S/C13H17ClFNO3S/c1-9-8-19-4-3-16(9)20(17,18)13-6-11(7-14)5-12(15)10(13)2/h5-6,9H,3-4,7-8H2,1-2H3. The summed E-state index contributed by atoms with van der Waals surface area (Å²) < 4.78 is 45.9. The first-order valence-electron chi connectivity index (χ1n) is 6.32. The Labute approximate surface area is 123 Å². The molecular formula is C13H17ClFNO3S. The average molecular weight is 322 g/mol. The smallest absolute Gasteiger partial charge is 0.243 e. The molecule has 0 spiro atoms. The molecule has 1 saturated heterocycles. The van der Waals surface area contributed by atoms with Gasteiger partial charge in [-0.25, -0.2) is 12.8 Å². The molecule has 20 heavy (non-hydrogen) atoms. The molecular weight excluding hydrogens is 305 g/mol. The predicted molar refractivity (Wildman–Crippen MR) is 74.9 cm³/mol. The van der Waals surface area contributed by atoms with Crippen molar-refractivity contribution in [2.24, 2.45) is 0 Å². The number of halogens is 2. The Morgan fingerprint density at radius 2 is 2.20 bits per heavy atom. The summed E-state index contributed by atoms with van der Waals surface area (Å²) in [7, 11) is -3.74. The van der Waals surface area contributed by atoms with Gasteiger partial charge in [-0.05, 0) is 31.5 Å². The third-order valence-corrected chi connectivity index (χ3v) is 5.85. The van der Waals surface area contributed by atoms with Crippen molar-refractivity contribution in [1.82, 2.24) is 4.31 Å². The Balaban J connectivity index is 2.51. The van der Waals surface area contributed by atoms with E-state index in [1.807, 2.05) is 0 Å². The van der Waals surface area contributed by atoms with Gasteiger partial charge in [-0.15, -0.1) is 11.6 Å². The quantitative estimate of drug-likeness (QED) is 0.802. The van der Waals surface area contributed by atoms with Crippen LogP contribution >= 0.6 is 11.6 Å². The number of hydrogen-bond donors (Lipinski definition) is 0. The van der Waals surface area contributed by atoms with Crippen LogP contribution in [0.3, 0.4) is 0 Å². The first-order chi connectivity index (χ1) is 9.37. The first-order valence-corrected chi connectivity index (χ1v) is 8.30. The van der Waals surface area contributed by atoms with Gasteiger partial charge in [0.05, 0.1) is 18.1 Å². The van der Waals surface area contributed by atoms with E-state index in [0.717, 1.165) is 0 Å². The summed E-state index contributed by atoms with van der Waals surface area (Å²) in [6.07, 6.45) is 0. The predicted octanol–water partition coefficient (Wildman–Crippen LogP) is 2.28. The van der Waals surface area contributed by atoms with Gasteiger partial charge in [0.1, 0.15) is 5.82 Å². The largest absolute Gasteiger partial charge is 0.378 e. The topological polar surface area (TPSA) is 46.6 Å². The Morgan fingerprint density at radius 1 is 1.50 bits per heavy atom. The zero-order chi connectivity index (χ0) is 14.9. The Kier molecular flexibility index (Phi) is 4.69. The van der Waals surface area contributed by atoms with Gasteiger partial charge in [-0.2, -0.15) is 4.31 Å². The van der Waals surface area contributed by atoms with Gasteiger partial charge in [0.2, 0.25) is 10.0 Å². The van der Waals surface area contributed by atoms with E-state index in [9.17, 15) is 12.8 Å². The maximum absolute atomic E-state index is 13.9. The number of sulfonamides is 1. The maximum Gasteiger partial charge on any atom is 0.243 e. The van der Waals surface area contributed by atoms with Crippen molar-refractivity contribution >= 4 is 21.6 Å². The second-order valence-corrected chi connectivity index (χ2v) is 7.00. The molecule has 1 heterocycles. The number of alkyl halides is 1. The van der Waals surface area contributed by atoms with E-state index >= 15 is 0 Å². The molecule has 4 nitrogen and oxygen atoms in total. The van der Waals surface area contributed by atoms with E-state index in [-0.39, 0.29) is 28.9 Å². The van der Waals surface area contributed by atoms with Gasteiger partial charge in [0, 0.05) is 24.0 Å². The number of nitrogens with zero attached hydrogens (tertiary/aromatic N) is 1. The van der Waals surface area contributed by atoms with Crippen LogP contribution in [0.1, 0.15) is 18.1 Å². The summed E-state index contributed by atoms with van der Waals surface area (Å²) in [6, 6.07) is 2.45. The lowest BCUT2D eigenvalue weighted by Gasteiger charge is -2.32. The summed E-state index contributed by atoms with van der Waals surface area (Å²) in [5, 5.41) is 0. The molecule has 7 heteroatoms. The van der Waals surface area contributed by atoms with Crippen LogP contribution in [0.15, 0.2) is 17.0 Å². The van der Waals surface area contributed by atoms with Crippen molar-refractivity contribution in [2.75, 3.05) is 19.8 Å². The minimum Gasteiger partial charge on any atom is -0.378 e. The van der Waals surface area contributed by atoms with Gasteiger partial charge >= 0.3 is 0 Å². The van der Waals surface area contributed by atoms with Crippen LogP contribution in [-0.2, 0) is 20.6 Å². The van der Waals surface area contributed by atoms with Crippen LogP contribution in [0, 0.1) is 12.7 Å². The zero-order valence-electron chi connectivity index (χ0n) is 11.4. The van der Waals surface area contributed by atoms with Crippen LogP contribution in [0.5, 0.6) is 0 Å². The summed E-state index contributed by atoms with van der Waals surface area (Å²) in [5.41, 5.74) is 0.576. The highest BCUT2D eigenvalue weighted by atomic mass is 35.5. The normalized spacial score (nSPS) is 21.1. The summed E-state index contributed by atoms with van der Waals surface area (Å²) in [4.78, 5) is -0.0121. The highest BCUT2D eigenvalue weighted by molar-refractivity contribution is 7.89. The monoisotopic (exact) mass is 321 g/mol. The van der Waals surface area contributed by atoms with E-state index in [4.69, 9.17) is 16.3 Å². The minimum atomic E-state index is -3.74. The fourth-order valence-corrected chi connectivity index (χ4v) is 4.29. The Bertz CT molecular complexity index is 606. The van der Waals surface area contributed by atoms with Gasteiger partial charge in [0.25, 0.3) is 0 Å². The molecule has 0 bridgehead atoms. The molecule has 1 fully saturated rings. The van der Waals surface area contributed by atoms with Crippen LogP contribution in [0.25, 0.3) is 0 Å². The third kappa shape index (κ3) is 2.83. The fourth-order valence-electron chi connectivity index (χ4n) is 2.25. The molecule has 0 radical (unpaired) electrons. The van der Waals surface area contributed by atoms with Crippen LogP contribution < -0.4 is 0 Å². The first kappa shape index (κ1) is 15.7. The molecule has 1 aromatic rings. The van der Waals surface area contributed by atoms with Crippen molar-refractivity contribution in [3.63, 3.8) is 0 Å². The highest BCUT2D eigenvalue weighted by Gasteiger charge is 2.33. The molecule has 2 rings (SSSR count). The molecule has 1 aliphatic rings. The molecule has 0 aromatic heterocycles. The zero-order valence-corrected chi connectivity index (χ0v) is 13.0. The summed E-state index contributed by atoms with van der Waals surface area (Å²) in [6.45, 7) is 4.20. The lowest BCUT2D eigenvalue weighted by molar-refractivity contribution is 0.0392. The van der Waals surface area contributed by atoms with E-state index in [1.165, 1.54) is 23.4 Å². The fraction of sp³-hybridized carbons (Fsp3) is 0.538. The second kappa shape index (κ2) is 5.97. The van der Waals surface area contributed by atoms with Crippen molar-refractivity contribution in [2.45, 2.75) is 30.7 Å². The van der Waals surface area contributed by atoms with Gasteiger partial charge < -0.3 is 4.74 Å². The van der Waals surface area contributed by atoms with Gasteiger partial charge in [0.15, 0.2) is 0 Å². The van der Waals surface area contributed by atoms with Crippen molar-refractivity contribution < 1.29 is 17.5 Å². The van der Waals surface area contributed by atoms with E-state index in [1.54, 1.807) is 6.92 Å². The number of morpholine rings is 1. The number of benzene rings is 1. The second-order valence-electron chi connectivity index (χ2n) is 4.87. The van der Waals surface area contributed by atoms with Crippen molar-refractivity contribution in [1.29, 1.82) is 0 Å². The minimum absolute atomic E-state index is 0.0121. The Hall–Kier alpha value is -0.690. The van der Waals surface area contributed by atoms with Gasteiger partial charge in [-0.3, -0.25) is 0 Å². The number of ether oxygens (including phenoxy) is 1. The molecule has 0 N–H and O–H groups in total. The van der Waals surface area contributed by atoms with E-state index in [2.05, 4.69) is 0 Å². The number of hydrogen-bond acceptors (Lipinski definition) is 3. The van der Waals surface area contributed by atoms with Gasteiger partial charge in [-0.1, -0.05) is 0 Å². The highest BCUT2D eigenvalue weighted by Crippen LogP contribution is 2.26. The van der Waals surface area contributed by atoms with Crippen molar-refractivity contribution in [3.8, 4) is 0 Å². The molecule has 0 aliphatic carbocycles. The Morgan fingerprint density at radius 3 is 2.80 bits per heavy atom. The van der Waals surface area contributed by atoms with Crippen LogP contribution in [-0.4, -0.2) is 38.5 Å². The van der Waals surface area contributed by atoms with E-state index < -0.39 is 15.8 Å². The summed E-state index contributed by atoms with van der Waals surface area (Å²) in [5.74, 6) is -0.485. The molecule has 1 aliphatic heterocycles. The molecule has 0 amide bonds. The maximum atomic E-state index is 13.9. The molecule has 1 unspecified atom stereocenters. The average Bonchev–Trinajstić information content (AvgIpc) is 2.41. The SMILES string of the molecule is Cc1c(F)cc(CCl)cc1S(=O)(=O)N1CCOCC1C. The lowest BCUT2D eigenvalue weighted by atomic mass is 10.1. The molecule has 1 aromatic carbocycles. The lowest BCUT2D eigenvalue weighted by Crippen LogP contribution is -2.47.